The molecule has 1 atom stereocenters. The van der Waals surface area contributed by atoms with Crippen LogP contribution in [0.1, 0.15) is 36.9 Å². The molecule has 1 saturated carbocycles. The minimum Gasteiger partial charge on any atom is -0.394 e. The van der Waals surface area contributed by atoms with E-state index in [0.29, 0.717) is 28.9 Å². The highest BCUT2D eigenvalue weighted by atomic mass is 16.6. The average Bonchev–Trinajstić information content (AvgIpc) is 3.41. The number of nitro benzene ring substituents is 1. The number of anilines is 3. The summed E-state index contributed by atoms with van der Waals surface area (Å²) in [7, 11) is 0. The van der Waals surface area contributed by atoms with Gasteiger partial charge in [-0.15, -0.1) is 0 Å². The van der Waals surface area contributed by atoms with E-state index in [0.717, 1.165) is 18.5 Å². The molecule has 1 aromatic heterocycles. The first-order chi connectivity index (χ1) is 12.0. The van der Waals surface area contributed by atoms with Gasteiger partial charge in [0.15, 0.2) is 0 Å². The van der Waals surface area contributed by atoms with E-state index in [-0.39, 0.29) is 18.3 Å². The molecule has 0 spiro atoms. The molecular formula is C17H21N5O3. The van der Waals surface area contributed by atoms with Crippen molar-refractivity contribution in [2.24, 2.45) is 0 Å². The van der Waals surface area contributed by atoms with Crippen LogP contribution in [0.4, 0.5) is 23.1 Å². The van der Waals surface area contributed by atoms with E-state index in [2.05, 4.69) is 20.6 Å². The van der Waals surface area contributed by atoms with Gasteiger partial charge < -0.3 is 15.7 Å². The first-order valence-electron chi connectivity index (χ1n) is 8.25. The van der Waals surface area contributed by atoms with E-state index in [1.807, 2.05) is 13.0 Å². The van der Waals surface area contributed by atoms with Crippen molar-refractivity contribution in [1.82, 2.24) is 9.97 Å². The van der Waals surface area contributed by atoms with Crippen LogP contribution in [0.15, 0.2) is 24.3 Å². The van der Waals surface area contributed by atoms with Gasteiger partial charge in [-0.3, -0.25) is 10.1 Å². The van der Waals surface area contributed by atoms with Crippen LogP contribution >= 0.6 is 0 Å². The maximum atomic E-state index is 11.1. The molecule has 0 aliphatic heterocycles. The lowest BCUT2D eigenvalue weighted by molar-refractivity contribution is -0.385. The van der Waals surface area contributed by atoms with Gasteiger partial charge in [0, 0.05) is 29.8 Å². The average molecular weight is 343 g/mol. The smallest absolute Gasteiger partial charge is 0.274 e. The maximum Gasteiger partial charge on any atom is 0.274 e. The zero-order valence-electron chi connectivity index (χ0n) is 14.2. The maximum absolute atomic E-state index is 11.1. The van der Waals surface area contributed by atoms with Crippen LogP contribution < -0.4 is 10.6 Å². The Labute approximate surface area is 145 Å². The number of aliphatic hydroxyl groups excluding tert-OH is 1. The molecule has 3 N–H and O–H groups in total. The van der Waals surface area contributed by atoms with E-state index in [4.69, 9.17) is 0 Å². The number of aliphatic hydroxyl groups is 1. The molecule has 1 heterocycles. The molecule has 1 fully saturated rings. The summed E-state index contributed by atoms with van der Waals surface area (Å²) in [6.07, 6.45) is 2.20. The highest BCUT2D eigenvalue weighted by Crippen LogP contribution is 2.40. The van der Waals surface area contributed by atoms with Crippen molar-refractivity contribution in [2.45, 2.75) is 38.6 Å². The Morgan fingerprint density at radius 2 is 2.16 bits per heavy atom. The van der Waals surface area contributed by atoms with Crippen LogP contribution in [0, 0.1) is 17.0 Å². The Bertz CT molecular complexity index is 792. The lowest BCUT2D eigenvalue weighted by Crippen LogP contribution is -2.21. The fraction of sp³-hybridized carbons (Fsp3) is 0.412. The quantitative estimate of drug-likeness (QED) is 0.523. The van der Waals surface area contributed by atoms with Gasteiger partial charge >= 0.3 is 0 Å². The van der Waals surface area contributed by atoms with Crippen molar-refractivity contribution >= 4 is 23.1 Å². The second-order valence-corrected chi connectivity index (χ2v) is 6.34. The van der Waals surface area contributed by atoms with Gasteiger partial charge in [-0.2, -0.15) is 4.98 Å². The molecule has 2 aromatic rings. The van der Waals surface area contributed by atoms with E-state index < -0.39 is 4.92 Å². The highest BCUT2D eigenvalue weighted by molar-refractivity contribution is 5.66. The number of hydrogen-bond acceptors (Lipinski definition) is 7. The number of hydrogen-bond donors (Lipinski definition) is 3. The van der Waals surface area contributed by atoms with Gasteiger partial charge in [-0.05, 0) is 32.8 Å². The van der Waals surface area contributed by atoms with Crippen LogP contribution in [-0.4, -0.2) is 32.6 Å². The van der Waals surface area contributed by atoms with Crippen molar-refractivity contribution in [2.75, 3.05) is 17.2 Å². The van der Waals surface area contributed by atoms with Crippen LogP contribution in [0.2, 0.25) is 0 Å². The summed E-state index contributed by atoms with van der Waals surface area (Å²) in [6.45, 7) is 3.52. The van der Waals surface area contributed by atoms with Crippen LogP contribution in [0.3, 0.4) is 0 Å². The Kier molecular flexibility index (Phi) is 4.80. The van der Waals surface area contributed by atoms with Gasteiger partial charge in [-0.1, -0.05) is 6.07 Å². The molecule has 1 aliphatic rings. The van der Waals surface area contributed by atoms with E-state index in [1.165, 1.54) is 6.07 Å². The van der Waals surface area contributed by atoms with Crippen LogP contribution in [-0.2, 0) is 0 Å². The van der Waals surface area contributed by atoms with E-state index in [1.54, 1.807) is 19.1 Å². The molecule has 1 aliphatic carbocycles. The number of nitrogens with one attached hydrogen (secondary N) is 2. The van der Waals surface area contributed by atoms with Gasteiger partial charge in [0.25, 0.3) is 5.69 Å². The fourth-order valence-electron chi connectivity index (χ4n) is 2.54. The molecule has 0 bridgehead atoms. The molecule has 0 amide bonds. The van der Waals surface area contributed by atoms with Crippen molar-refractivity contribution in [3.63, 3.8) is 0 Å². The number of benzene rings is 1. The minimum absolute atomic E-state index is 0.0240. The Balaban J connectivity index is 1.91. The van der Waals surface area contributed by atoms with E-state index >= 15 is 0 Å². The summed E-state index contributed by atoms with van der Waals surface area (Å²) >= 11 is 0. The third-order valence-corrected chi connectivity index (χ3v) is 4.16. The van der Waals surface area contributed by atoms with Crippen molar-refractivity contribution in [3.05, 3.63) is 45.6 Å². The summed E-state index contributed by atoms with van der Waals surface area (Å²) < 4.78 is 0. The standard InChI is InChI=1S/C17H21N5O3/c1-10(9-23)18-17-20-14(12-6-7-12)8-16(21-17)19-13-4-3-5-15(11(13)2)22(24)25/h3-5,8,10,12,23H,6-7,9H2,1-2H3,(H2,18,19,20,21)/t10-/m1/s1. The van der Waals surface area contributed by atoms with Gasteiger partial charge in [0.1, 0.15) is 5.82 Å². The van der Waals surface area contributed by atoms with Gasteiger partial charge in [0.2, 0.25) is 5.95 Å². The van der Waals surface area contributed by atoms with Gasteiger partial charge in [-0.25, -0.2) is 4.98 Å². The molecule has 0 radical (unpaired) electrons. The Morgan fingerprint density at radius 3 is 2.80 bits per heavy atom. The topological polar surface area (TPSA) is 113 Å². The molecule has 25 heavy (non-hydrogen) atoms. The van der Waals surface area contributed by atoms with Crippen molar-refractivity contribution < 1.29 is 10.0 Å². The largest absolute Gasteiger partial charge is 0.394 e. The third kappa shape index (κ3) is 4.03. The van der Waals surface area contributed by atoms with Crippen molar-refractivity contribution in [3.8, 4) is 0 Å². The molecule has 1 aromatic carbocycles. The van der Waals surface area contributed by atoms with Crippen molar-refractivity contribution in [1.29, 1.82) is 0 Å². The normalized spacial score (nSPS) is 14.8. The molecule has 0 saturated heterocycles. The number of aromatic nitrogens is 2. The minimum atomic E-state index is -0.397. The molecule has 3 rings (SSSR count). The third-order valence-electron chi connectivity index (χ3n) is 4.16. The van der Waals surface area contributed by atoms with Gasteiger partial charge in [0.05, 0.1) is 22.8 Å². The van der Waals surface area contributed by atoms with Crippen LogP contribution in [0.25, 0.3) is 0 Å². The lowest BCUT2D eigenvalue weighted by atomic mass is 10.1. The Hall–Kier alpha value is -2.74. The summed E-state index contributed by atoms with van der Waals surface area (Å²) in [5, 5.41) is 26.5. The molecule has 0 unspecified atom stereocenters. The highest BCUT2D eigenvalue weighted by Gasteiger charge is 2.26. The first-order valence-corrected chi connectivity index (χ1v) is 8.25. The number of nitro groups is 1. The molecule has 8 heteroatoms. The predicted octanol–water partition coefficient (Wildman–Crippen LogP) is 3.11. The fourth-order valence-corrected chi connectivity index (χ4v) is 2.54. The molecule has 132 valence electrons. The number of nitrogens with zero attached hydrogens (tertiary/aromatic N) is 3. The predicted molar refractivity (Wildman–Crippen MR) is 95.3 cm³/mol. The summed E-state index contributed by atoms with van der Waals surface area (Å²) in [4.78, 5) is 19.6. The summed E-state index contributed by atoms with van der Waals surface area (Å²) in [5.74, 6) is 1.45. The van der Waals surface area contributed by atoms with E-state index in [9.17, 15) is 15.2 Å². The Morgan fingerprint density at radius 1 is 1.40 bits per heavy atom. The second kappa shape index (κ2) is 7.02. The number of rotatable bonds is 7. The lowest BCUT2D eigenvalue weighted by Gasteiger charge is -2.14. The van der Waals surface area contributed by atoms with Crippen LogP contribution in [0.5, 0.6) is 0 Å². The summed E-state index contributed by atoms with van der Waals surface area (Å²) in [5.41, 5.74) is 2.19. The zero-order chi connectivity index (χ0) is 18.0. The zero-order valence-corrected chi connectivity index (χ0v) is 14.2. The SMILES string of the molecule is Cc1c(Nc2cc(C3CC3)nc(N[C@H](C)CO)n2)cccc1[N+](=O)[O-]. The first kappa shape index (κ1) is 17.1. The second-order valence-electron chi connectivity index (χ2n) is 6.34. The monoisotopic (exact) mass is 343 g/mol. The molecular weight excluding hydrogens is 322 g/mol. The summed E-state index contributed by atoms with van der Waals surface area (Å²) in [6, 6.07) is 6.62. The molecule has 8 nitrogen and oxygen atoms in total.